The van der Waals surface area contributed by atoms with Gasteiger partial charge in [0.15, 0.2) is 11.5 Å². The summed E-state index contributed by atoms with van der Waals surface area (Å²) in [6.07, 6.45) is 1.33. The Labute approximate surface area is 172 Å². The number of aromatic hydroxyl groups is 1. The molecule has 2 aromatic carbocycles. The van der Waals surface area contributed by atoms with Crippen LogP contribution in [0.15, 0.2) is 42.0 Å². The number of methoxy groups -OCH3 is 1. The second kappa shape index (κ2) is 7.57. The first-order chi connectivity index (χ1) is 12.8. The fraction of sp³-hybridized carbons (Fsp3) is 0.0556. The first kappa shape index (κ1) is 19.2. The molecule has 0 aliphatic carbocycles. The molecular formula is C18H12ClIN2O5. The Morgan fingerprint density at radius 2 is 1.85 bits per heavy atom. The molecule has 2 aromatic rings. The summed E-state index contributed by atoms with van der Waals surface area (Å²) in [5, 5.41) is 12.5. The molecule has 0 spiro atoms. The van der Waals surface area contributed by atoms with Gasteiger partial charge in [0.1, 0.15) is 5.57 Å². The normalized spacial score (nSPS) is 15.9. The van der Waals surface area contributed by atoms with E-state index in [1.54, 1.807) is 6.07 Å². The Hall–Kier alpha value is -2.59. The zero-order valence-electron chi connectivity index (χ0n) is 13.8. The van der Waals surface area contributed by atoms with Crippen molar-refractivity contribution in [1.82, 2.24) is 5.32 Å². The number of hydrogen-bond acceptors (Lipinski definition) is 5. The van der Waals surface area contributed by atoms with Crippen LogP contribution in [0.25, 0.3) is 6.08 Å². The summed E-state index contributed by atoms with van der Waals surface area (Å²) in [6, 6.07) is 8.28. The third kappa shape index (κ3) is 3.76. The van der Waals surface area contributed by atoms with Gasteiger partial charge >= 0.3 is 6.03 Å². The quantitative estimate of drug-likeness (QED) is 0.385. The van der Waals surface area contributed by atoms with Crippen molar-refractivity contribution in [3.05, 3.63) is 56.1 Å². The molecule has 138 valence electrons. The molecule has 4 amide bonds. The zero-order valence-corrected chi connectivity index (χ0v) is 16.7. The number of urea groups is 1. The summed E-state index contributed by atoms with van der Waals surface area (Å²) in [5.41, 5.74) is 0.504. The smallest absolute Gasteiger partial charge is 0.335 e. The van der Waals surface area contributed by atoms with Crippen molar-refractivity contribution in [3.63, 3.8) is 0 Å². The monoisotopic (exact) mass is 498 g/mol. The molecule has 1 aliphatic heterocycles. The Balaban J connectivity index is 2.04. The molecule has 1 aliphatic rings. The van der Waals surface area contributed by atoms with Crippen molar-refractivity contribution in [1.29, 1.82) is 0 Å². The lowest BCUT2D eigenvalue weighted by atomic mass is 10.1. The maximum Gasteiger partial charge on any atom is 0.335 e. The number of barbiturate groups is 1. The zero-order chi connectivity index (χ0) is 19.7. The van der Waals surface area contributed by atoms with Crippen molar-refractivity contribution in [2.75, 3.05) is 12.0 Å². The number of amides is 4. The summed E-state index contributed by atoms with van der Waals surface area (Å²) in [5.74, 6) is -1.42. The maximum absolute atomic E-state index is 12.8. The molecule has 0 unspecified atom stereocenters. The van der Waals surface area contributed by atoms with E-state index in [0.717, 1.165) is 4.90 Å². The summed E-state index contributed by atoms with van der Waals surface area (Å²) in [4.78, 5) is 38.0. The number of carbonyl (C=O) groups excluding carboxylic acids is 3. The number of nitrogens with zero attached hydrogens (tertiary/aromatic N) is 1. The van der Waals surface area contributed by atoms with E-state index >= 15 is 0 Å². The highest BCUT2D eigenvalue weighted by Gasteiger charge is 2.36. The highest BCUT2D eigenvalue weighted by atomic mass is 127. The van der Waals surface area contributed by atoms with E-state index in [4.69, 9.17) is 16.3 Å². The molecule has 0 aromatic heterocycles. The molecule has 1 fully saturated rings. The molecule has 0 bridgehead atoms. The Morgan fingerprint density at radius 3 is 2.48 bits per heavy atom. The average molecular weight is 499 g/mol. The number of rotatable bonds is 3. The fourth-order valence-corrected chi connectivity index (χ4v) is 3.23. The molecule has 7 nitrogen and oxygen atoms in total. The van der Waals surface area contributed by atoms with Crippen molar-refractivity contribution in [2.45, 2.75) is 0 Å². The number of phenolic OH excluding ortho intramolecular Hbond substituents is 1. The molecule has 9 heteroatoms. The van der Waals surface area contributed by atoms with Crippen LogP contribution in [0.1, 0.15) is 5.56 Å². The molecule has 27 heavy (non-hydrogen) atoms. The Bertz CT molecular complexity index is 988. The summed E-state index contributed by atoms with van der Waals surface area (Å²) < 4.78 is 5.56. The van der Waals surface area contributed by atoms with E-state index in [1.807, 2.05) is 22.6 Å². The highest BCUT2D eigenvalue weighted by Crippen LogP contribution is 2.33. The third-order valence-corrected chi connectivity index (χ3v) is 4.84. The van der Waals surface area contributed by atoms with Gasteiger partial charge in [-0.2, -0.15) is 0 Å². The van der Waals surface area contributed by atoms with E-state index in [9.17, 15) is 19.5 Å². The third-order valence-electron chi connectivity index (χ3n) is 3.77. The molecule has 3 rings (SSSR count). The minimum Gasteiger partial charge on any atom is -0.504 e. The molecular weight excluding hydrogens is 487 g/mol. The van der Waals surface area contributed by atoms with E-state index in [0.29, 0.717) is 14.2 Å². The Kier molecular flexibility index (Phi) is 5.38. The number of phenols is 1. The summed E-state index contributed by atoms with van der Waals surface area (Å²) >= 11 is 7.74. The molecule has 0 atom stereocenters. The number of imide groups is 2. The summed E-state index contributed by atoms with van der Waals surface area (Å²) in [6.45, 7) is 0. The van der Waals surface area contributed by atoms with Gasteiger partial charge in [0.2, 0.25) is 0 Å². The largest absolute Gasteiger partial charge is 0.504 e. The first-order valence-corrected chi connectivity index (χ1v) is 9.01. The molecule has 0 radical (unpaired) electrons. The predicted octanol–water partition coefficient (Wildman–Crippen LogP) is 3.33. The number of hydrogen-bond donors (Lipinski definition) is 2. The second-order valence-electron chi connectivity index (χ2n) is 5.49. The highest BCUT2D eigenvalue weighted by molar-refractivity contribution is 14.1. The standard InChI is InChI=1S/C18H12ClIN2O5/c1-27-14-8-9(7-13(20)15(14)23)6-12-16(24)21-18(26)22(17(12)25)11-4-2-10(19)3-5-11/h2-8,23H,1H3,(H,21,24,26)/b12-6+. The maximum atomic E-state index is 12.8. The van der Waals surface area contributed by atoms with E-state index in [2.05, 4.69) is 5.32 Å². The number of ether oxygens (including phenoxy) is 1. The van der Waals surface area contributed by atoms with Crippen LogP contribution >= 0.6 is 34.2 Å². The van der Waals surface area contributed by atoms with Crippen LogP contribution in [0.5, 0.6) is 11.5 Å². The van der Waals surface area contributed by atoms with Crippen LogP contribution in [0.4, 0.5) is 10.5 Å². The van der Waals surface area contributed by atoms with Crippen molar-refractivity contribution in [2.24, 2.45) is 0 Å². The lowest BCUT2D eigenvalue weighted by Gasteiger charge is -2.26. The number of nitrogens with one attached hydrogen (secondary N) is 1. The number of halogens is 2. The number of anilines is 1. The molecule has 0 saturated carbocycles. The lowest BCUT2D eigenvalue weighted by molar-refractivity contribution is -0.122. The number of benzene rings is 2. The van der Waals surface area contributed by atoms with Gasteiger partial charge < -0.3 is 9.84 Å². The van der Waals surface area contributed by atoms with Gasteiger partial charge in [-0.3, -0.25) is 14.9 Å². The van der Waals surface area contributed by atoms with Gasteiger partial charge in [0, 0.05) is 5.02 Å². The predicted molar refractivity (Wildman–Crippen MR) is 108 cm³/mol. The first-order valence-electron chi connectivity index (χ1n) is 7.55. The Morgan fingerprint density at radius 1 is 1.19 bits per heavy atom. The number of carbonyl (C=O) groups is 3. The SMILES string of the molecule is COc1cc(/C=C2\C(=O)NC(=O)N(c3ccc(Cl)cc3)C2=O)cc(I)c1O. The average Bonchev–Trinajstić information content (AvgIpc) is 2.62. The second-order valence-corrected chi connectivity index (χ2v) is 7.09. The lowest BCUT2D eigenvalue weighted by Crippen LogP contribution is -2.54. The van der Waals surface area contributed by atoms with Crippen LogP contribution in [-0.4, -0.2) is 30.1 Å². The van der Waals surface area contributed by atoms with Gasteiger partial charge in [-0.25, -0.2) is 9.69 Å². The van der Waals surface area contributed by atoms with Crippen molar-refractivity contribution >= 4 is 63.8 Å². The van der Waals surface area contributed by atoms with Crippen LogP contribution in [0, 0.1) is 3.57 Å². The molecule has 1 heterocycles. The topological polar surface area (TPSA) is 95.9 Å². The minimum atomic E-state index is -0.845. The van der Waals surface area contributed by atoms with Gasteiger partial charge in [-0.15, -0.1) is 0 Å². The van der Waals surface area contributed by atoms with E-state index in [1.165, 1.54) is 43.5 Å². The van der Waals surface area contributed by atoms with Crippen molar-refractivity contribution < 1.29 is 24.2 Å². The van der Waals surface area contributed by atoms with Gasteiger partial charge in [0.05, 0.1) is 16.4 Å². The minimum absolute atomic E-state index is 0.0439. The van der Waals surface area contributed by atoms with E-state index < -0.39 is 17.8 Å². The van der Waals surface area contributed by atoms with Gasteiger partial charge in [-0.1, -0.05) is 11.6 Å². The van der Waals surface area contributed by atoms with E-state index in [-0.39, 0.29) is 22.8 Å². The molecule has 2 N–H and O–H groups in total. The van der Waals surface area contributed by atoms with Crippen molar-refractivity contribution in [3.8, 4) is 11.5 Å². The van der Waals surface area contributed by atoms with Crippen LogP contribution in [-0.2, 0) is 9.59 Å². The summed E-state index contributed by atoms with van der Waals surface area (Å²) in [7, 11) is 1.39. The fourth-order valence-electron chi connectivity index (χ4n) is 2.48. The molecule has 1 saturated heterocycles. The van der Waals surface area contributed by atoms with Crippen LogP contribution < -0.4 is 15.0 Å². The van der Waals surface area contributed by atoms with Crippen LogP contribution in [0.2, 0.25) is 5.02 Å². The van der Waals surface area contributed by atoms with Gasteiger partial charge in [0.25, 0.3) is 11.8 Å². The van der Waals surface area contributed by atoms with Gasteiger partial charge in [-0.05, 0) is 70.6 Å². The van der Waals surface area contributed by atoms with Crippen LogP contribution in [0.3, 0.4) is 0 Å².